The van der Waals surface area contributed by atoms with Crippen LogP contribution in [-0.2, 0) is 0 Å². The minimum Gasteiger partial charge on any atom is -0.336 e. The molecule has 2 N–H and O–H groups in total. The first kappa shape index (κ1) is 7.89. The van der Waals surface area contributed by atoms with E-state index in [9.17, 15) is 4.79 Å². The Balaban J connectivity index is 2.21. The fourth-order valence-corrected chi connectivity index (χ4v) is 2.41. The quantitative estimate of drug-likeness (QED) is 0.716. The SMILES string of the molecule is O=C1NC[C@H](c2sccc2Cl)N1. The first-order chi connectivity index (χ1) is 5.77. The highest BCUT2D eigenvalue weighted by Gasteiger charge is 2.24. The van der Waals surface area contributed by atoms with Gasteiger partial charge in [-0.3, -0.25) is 0 Å². The zero-order valence-electron chi connectivity index (χ0n) is 6.13. The molecule has 0 spiro atoms. The van der Waals surface area contributed by atoms with Crippen molar-refractivity contribution in [1.82, 2.24) is 10.6 Å². The van der Waals surface area contributed by atoms with Crippen LogP contribution in [0.3, 0.4) is 0 Å². The summed E-state index contributed by atoms with van der Waals surface area (Å²) in [6, 6.07) is 1.76. The molecule has 0 aromatic carbocycles. The van der Waals surface area contributed by atoms with Gasteiger partial charge in [0.2, 0.25) is 0 Å². The summed E-state index contributed by atoms with van der Waals surface area (Å²) < 4.78 is 0. The van der Waals surface area contributed by atoms with E-state index in [-0.39, 0.29) is 12.1 Å². The summed E-state index contributed by atoms with van der Waals surface area (Å²) in [6.07, 6.45) is 0. The molecule has 1 aliphatic heterocycles. The highest BCUT2D eigenvalue weighted by Crippen LogP contribution is 2.29. The molecule has 1 saturated heterocycles. The highest BCUT2D eigenvalue weighted by atomic mass is 35.5. The summed E-state index contributed by atoms with van der Waals surface area (Å²) in [5, 5.41) is 8.11. The van der Waals surface area contributed by atoms with Crippen molar-refractivity contribution in [2.75, 3.05) is 6.54 Å². The van der Waals surface area contributed by atoms with Gasteiger partial charge in [-0.1, -0.05) is 11.6 Å². The minimum atomic E-state index is -0.121. The summed E-state index contributed by atoms with van der Waals surface area (Å²) in [4.78, 5) is 11.8. The summed E-state index contributed by atoms with van der Waals surface area (Å²) in [5.74, 6) is 0. The van der Waals surface area contributed by atoms with Crippen molar-refractivity contribution < 1.29 is 4.79 Å². The van der Waals surface area contributed by atoms with Crippen LogP contribution in [-0.4, -0.2) is 12.6 Å². The van der Waals surface area contributed by atoms with Crippen molar-refractivity contribution in [3.05, 3.63) is 21.3 Å². The van der Waals surface area contributed by atoms with E-state index < -0.39 is 0 Å². The fraction of sp³-hybridized carbons (Fsp3) is 0.286. The van der Waals surface area contributed by atoms with Crippen LogP contribution in [0.15, 0.2) is 11.4 Å². The van der Waals surface area contributed by atoms with E-state index in [1.165, 1.54) is 0 Å². The van der Waals surface area contributed by atoms with Gasteiger partial charge in [-0.2, -0.15) is 0 Å². The zero-order valence-corrected chi connectivity index (χ0v) is 7.71. The van der Waals surface area contributed by atoms with Crippen molar-refractivity contribution >= 4 is 29.0 Å². The maximum Gasteiger partial charge on any atom is 0.315 e. The molecule has 0 aliphatic carbocycles. The summed E-state index contributed by atoms with van der Waals surface area (Å²) in [7, 11) is 0. The van der Waals surface area contributed by atoms with Crippen molar-refractivity contribution in [3.63, 3.8) is 0 Å². The Hall–Kier alpha value is -0.740. The zero-order chi connectivity index (χ0) is 8.55. The molecule has 1 aromatic heterocycles. The fourth-order valence-electron chi connectivity index (χ4n) is 1.17. The molecule has 64 valence electrons. The number of carbonyl (C=O) groups excluding carboxylic acids is 1. The van der Waals surface area contributed by atoms with Crippen LogP contribution in [0, 0.1) is 0 Å². The number of thiophene rings is 1. The third-order valence-corrected chi connectivity index (χ3v) is 3.21. The standard InChI is InChI=1S/C7H7ClN2OS/c8-4-1-2-12-6(4)5-3-9-7(11)10-5/h1-2,5H,3H2,(H2,9,10,11)/t5-/m1/s1. The molecule has 0 unspecified atom stereocenters. The molecular weight excluding hydrogens is 196 g/mol. The minimum absolute atomic E-state index is 0.0463. The van der Waals surface area contributed by atoms with E-state index in [0.29, 0.717) is 6.54 Å². The molecule has 2 rings (SSSR count). The number of carbonyl (C=O) groups is 1. The van der Waals surface area contributed by atoms with Crippen LogP contribution < -0.4 is 10.6 Å². The van der Waals surface area contributed by atoms with Crippen molar-refractivity contribution in [1.29, 1.82) is 0 Å². The van der Waals surface area contributed by atoms with Gasteiger partial charge in [0, 0.05) is 11.4 Å². The Morgan fingerprint density at radius 2 is 2.50 bits per heavy atom. The topological polar surface area (TPSA) is 41.1 Å². The molecule has 1 aliphatic rings. The van der Waals surface area contributed by atoms with Gasteiger partial charge < -0.3 is 10.6 Å². The van der Waals surface area contributed by atoms with Gasteiger partial charge in [-0.25, -0.2) is 4.79 Å². The maximum atomic E-state index is 10.8. The van der Waals surface area contributed by atoms with Crippen LogP contribution in [0.4, 0.5) is 4.79 Å². The number of halogens is 1. The average molecular weight is 203 g/mol. The number of urea groups is 1. The highest BCUT2D eigenvalue weighted by molar-refractivity contribution is 7.10. The number of nitrogens with one attached hydrogen (secondary N) is 2. The normalized spacial score (nSPS) is 22.1. The molecule has 3 nitrogen and oxygen atoms in total. The number of hydrogen-bond donors (Lipinski definition) is 2. The molecule has 2 amide bonds. The van der Waals surface area contributed by atoms with Crippen LogP contribution in [0.2, 0.25) is 5.02 Å². The monoisotopic (exact) mass is 202 g/mol. The van der Waals surface area contributed by atoms with E-state index in [2.05, 4.69) is 10.6 Å². The lowest BCUT2D eigenvalue weighted by Gasteiger charge is -2.05. The molecule has 1 fully saturated rings. The second kappa shape index (κ2) is 2.95. The smallest absolute Gasteiger partial charge is 0.315 e. The Bertz CT molecular complexity index is 312. The molecule has 0 saturated carbocycles. The Morgan fingerprint density at radius 1 is 1.67 bits per heavy atom. The lowest BCUT2D eigenvalue weighted by molar-refractivity contribution is 0.247. The van der Waals surface area contributed by atoms with Crippen molar-refractivity contribution in [2.45, 2.75) is 6.04 Å². The van der Waals surface area contributed by atoms with Crippen molar-refractivity contribution in [2.24, 2.45) is 0 Å². The lowest BCUT2D eigenvalue weighted by atomic mass is 10.2. The van der Waals surface area contributed by atoms with E-state index in [1.54, 1.807) is 11.3 Å². The van der Waals surface area contributed by atoms with Crippen LogP contribution in [0.1, 0.15) is 10.9 Å². The van der Waals surface area contributed by atoms with Crippen LogP contribution in [0.25, 0.3) is 0 Å². The van der Waals surface area contributed by atoms with Crippen molar-refractivity contribution in [3.8, 4) is 0 Å². The number of rotatable bonds is 1. The predicted molar refractivity (Wildman–Crippen MR) is 48.6 cm³/mol. The Labute approximate surface area is 78.7 Å². The molecule has 5 heteroatoms. The molecular formula is C7H7ClN2OS. The van der Waals surface area contributed by atoms with Gasteiger partial charge in [0.05, 0.1) is 11.1 Å². The first-order valence-electron chi connectivity index (χ1n) is 3.54. The molecule has 1 aromatic rings. The Morgan fingerprint density at radius 3 is 3.00 bits per heavy atom. The van der Waals surface area contributed by atoms with Crippen LogP contribution in [0.5, 0.6) is 0 Å². The van der Waals surface area contributed by atoms with Gasteiger partial charge in [-0.15, -0.1) is 11.3 Å². The number of amides is 2. The summed E-state index contributed by atoms with van der Waals surface area (Å²) in [6.45, 7) is 0.624. The third-order valence-electron chi connectivity index (χ3n) is 1.73. The van der Waals surface area contributed by atoms with E-state index in [0.717, 1.165) is 9.90 Å². The first-order valence-corrected chi connectivity index (χ1v) is 4.80. The molecule has 1 atom stereocenters. The largest absolute Gasteiger partial charge is 0.336 e. The average Bonchev–Trinajstić information content (AvgIpc) is 2.58. The Kier molecular flexibility index (Phi) is 1.94. The third kappa shape index (κ3) is 1.28. The maximum absolute atomic E-state index is 10.8. The lowest BCUT2D eigenvalue weighted by Crippen LogP contribution is -2.21. The molecule has 12 heavy (non-hydrogen) atoms. The summed E-state index contributed by atoms with van der Waals surface area (Å²) >= 11 is 7.46. The van der Waals surface area contributed by atoms with E-state index in [4.69, 9.17) is 11.6 Å². The second-order valence-electron chi connectivity index (χ2n) is 2.54. The molecule has 2 heterocycles. The molecule has 0 bridgehead atoms. The molecule has 0 radical (unpaired) electrons. The van der Waals surface area contributed by atoms with Crippen LogP contribution >= 0.6 is 22.9 Å². The van der Waals surface area contributed by atoms with Gasteiger partial charge in [-0.05, 0) is 11.4 Å². The van der Waals surface area contributed by atoms with Gasteiger partial charge >= 0.3 is 6.03 Å². The second-order valence-corrected chi connectivity index (χ2v) is 3.89. The van der Waals surface area contributed by atoms with Gasteiger partial charge in [0.25, 0.3) is 0 Å². The predicted octanol–water partition coefficient (Wildman–Crippen LogP) is 1.76. The van der Waals surface area contributed by atoms with Gasteiger partial charge in [0.15, 0.2) is 0 Å². The summed E-state index contributed by atoms with van der Waals surface area (Å²) in [5.41, 5.74) is 0. The number of hydrogen-bond acceptors (Lipinski definition) is 2. The van der Waals surface area contributed by atoms with E-state index in [1.807, 2.05) is 11.4 Å². The van der Waals surface area contributed by atoms with E-state index >= 15 is 0 Å². The van der Waals surface area contributed by atoms with Gasteiger partial charge in [0.1, 0.15) is 0 Å².